The number of carboxylic acids is 2. The first kappa shape index (κ1) is 14.8. The average Bonchev–Trinajstić information content (AvgIpc) is 2.22. The summed E-state index contributed by atoms with van der Waals surface area (Å²) in [6, 6.07) is 3.58. The summed E-state index contributed by atoms with van der Waals surface area (Å²) in [5.41, 5.74) is 0.750. The van der Waals surface area contributed by atoms with Gasteiger partial charge in [-0.05, 0) is 13.0 Å². The number of aryl methyl sites for hydroxylation is 1. The molecule has 0 saturated heterocycles. The van der Waals surface area contributed by atoms with Crippen molar-refractivity contribution < 1.29 is 24.9 Å². The van der Waals surface area contributed by atoms with Crippen LogP contribution in [-0.2, 0) is 9.59 Å². The van der Waals surface area contributed by atoms with E-state index in [2.05, 4.69) is 4.98 Å². The second-order valence-electron chi connectivity index (χ2n) is 3.13. The van der Waals surface area contributed by atoms with E-state index in [4.69, 9.17) is 15.3 Å². The molecule has 0 aromatic carbocycles. The first-order valence-electron chi connectivity index (χ1n) is 4.61. The van der Waals surface area contributed by atoms with E-state index in [0.29, 0.717) is 0 Å². The minimum atomic E-state index is -1.79. The Morgan fingerprint density at radius 3 is 2.24 bits per heavy atom. The van der Waals surface area contributed by atoms with Crippen LogP contribution in [-0.4, -0.2) is 38.3 Å². The van der Waals surface area contributed by atoms with Gasteiger partial charge in [-0.1, -0.05) is 6.07 Å². The van der Waals surface area contributed by atoms with E-state index in [-0.39, 0.29) is 5.56 Å². The van der Waals surface area contributed by atoms with Gasteiger partial charge in [-0.25, -0.2) is 4.79 Å². The van der Waals surface area contributed by atoms with E-state index in [1.165, 1.54) is 0 Å². The van der Waals surface area contributed by atoms with Gasteiger partial charge in [0, 0.05) is 11.8 Å². The van der Waals surface area contributed by atoms with E-state index in [9.17, 15) is 14.4 Å². The summed E-state index contributed by atoms with van der Waals surface area (Å²) in [4.78, 5) is 32.5. The fourth-order valence-corrected chi connectivity index (χ4v) is 0.758. The van der Waals surface area contributed by atoms with Crippen molar-refractivity contribution in [3.05, 3.63) is 34.2 Å². The minimum Gasteiger partial charge on any atom is -0.481 e. The van der Waals surface area contributed by atoms with Crippen LogP contribution in [0.4, 0.5) is 0 Å². The van der Waals surface area contributed by atoms with E-state index in [0.717, 1.165) is 5.56 Å². The maximum absolute atomic E-state index is 10.6. The van der Waals surface area contributed by atoms with Crippen LogP contribution in [0, 0.1) is 6.92 Å². The monoisotopic (exact) mass is 243 g/mol. The molecule has 0 aliphatic carbocycles. The van der Waals surface area contributed by atoms with Crippen LogP contribution in [0.15, 0.2) is 23.1 Å². The van der Waals surface area contributed by atoms with Crippen molar-refractivity contribution in [2.45, 2.75) is 19.4 Å². The highest BCUT2D eigenvalue weighted by molar-refractivity contribution is 5.79. The van der Waals surface area contributed by atoms with Crippen LogP contribution in [0.1, 0.15) is 12.0 Å². The van der Waals surface area contributed by atoms with E-state index in [1.54, 1.807) is 25.3 Å². The molecule has 1 atom stereocenters. The number of aliphatic hydroxyl groups excluding tert-OH is 1. The van der Waals surface area contributed by atoms with Gasteiger partial charge in [-0.2, -0.15) is 0 Å². The molecule has 0 aliphatic heterocycles. The molecule has 0 radical (unpaired) electrons. The molecule has 1 aromatic rings. The van der Waals surface area contributed by atoms with Crippen LogP contribution < -0.4 is 5.56 Å². The lowest BCUT2D eigenvalue weighted by atomic mass is 10.3. The Hall–Kier alpha value is -2.15. The van der Waals surface area contributed by atoms with Crippen molar-refractivity contribution in [2.24, 2.45) is 0 Å². The van der Waals surface area contributed by atoms with Crippen LogP contribution in [0.5, 0.6) is 0 Å². The van der Waals surface area contributed by atoms with Gasteiger partial charge in [-0.3, -0.25) is 9.59 Å². The molecule has 1 unspecified atom stereocenters. The zero-order chi connectivity index (χ0) is 13.4. The number of carbonyl (C=O) groups is 2. The molecule has 7 heteroatoms. The van der Waals surface area contributed by atoms with E-state index in [1.807, 2.05) is 0 Å². The topological polar surface area (TPSA) is 128 Å². The lowest BCUT2D eigenvalue weighted by molar-refractivity contribution is -0.152. The molecule has 0 bridgehead atoms. The van der Waals surface area contributed by atoms with E-state index >= 15 is 0 Å². The van der Waals surface area contributed by atoms with E-state index < -0.39 is 24.5 Å². The number of hydrogen-bond acceptors (Lipinski definition) is 4. The summed E-state index contributed by atoms with van der Waals surface area (Å²) in [7, 11) is 0. The zero-order valence-corrected chi connectivity index (χ0v) is 9.08. The third kappa shape index (κ3) is 6.85. The summed E-state index contributed by atoms with van der Waals surface area (Å²) >= 11 is 0. The van der Waals surface area contributed by atoms with Crippen molar-refractivity contribution in [1.29, 1.82) is 0 Å². The largest absolute Gasteiger partial charge is 0.481 e. The highest BCUT2D eigenvalue weighted by Gasteiger charge is 2.16. The van der Waals surface area contributed by atoms with Gasteiger partial charge < -0.3 is 20.3 Å². The molecule has 1 heterocycles. The number of pyridine rings is 1. The Balaban J connectivity index is 0.000000302. The second kappa shape index (κ2) is 7.18. The smallest absolute Gasteiger partial charge is 0.333 e. The summed E-state index contributed by atoms with van der Waals surface area (Å²) in [5, 5.41) is 24.1. The van der Waals surface area contributed by atoms with Gasteiger partial charge in [0.25, 0.3) is 5.56 Å². The van der Waals surface area contributed by atoms with Gasteiger partial charge in [0.05, 0.1) is 6.42 Å². The molecule has 0 fully saturated rings. The van der Waals surface area contributed by atoms with Gasteiger partial charge in [0.1, 0.15) is 0 Å². The predicted molar refractivity (Wildman–Crippen MR) is 57.7 cm³/mol. The highest BCUT2D eigenvalue weighted by Crippen LogP contribution is 1.89. The summed E-state index contributed by atoms with van der Waals surface area (Å²) in [5.74, 6) is -2.85. The third-order valence-corrected chi connectivity index (χ3v) is 1.67. The molecule has 1 aromatic heterocycles. The standard InChI is InChI=1S/C6H7NO.C4H6O5/c1-5-3-2-4-7-6(5)8;5-2(4(8)9)1-3(6)7/h2-4H,1H3,(H,7,8);2,5H,1H2,(H,6,7)(H,8,9). The normalized spacial score (nSPS) is 10.9. The Morgan fingerprint density at radius 2 is 2.00 bits per heavy atom. The number of carboxylic acid groups (broad SMARTS) is 2. The van der Waals surface area contributed by atoms with Crippen molar-refractivity contribution in [3.63, 3.8) is 0 Å². The molecule has 0 saturated carbocycles. The SMILES string of the molecule is Cc1ccc[nH]c1=O.O=C(O)CC(O)C(=O)O. The average molecular weight is 243 g/mol. The first-order valence-corrected chi connectivity index (χ1v) is 4.61. The van der Waals surface area contributed by atoms with Crippen LogP contribution in [0.2, 0.25) is 0 Å². The van der Waals surface area contributed by atoms with Gasteiger partial charge >= 0.3 is 11.9 Å². The maximum atomic E-state index is 10.6. The lowest BCUT2D eigenvalue weighted by Crippen LogP contribution is -2.22. The molecule has 7 nitrogen and oxygen atoms in total. The lowest BCUT2D eigenvalue weighted by Gasteiger charge is -1.97. The number of aliphatic hydroxyl groups is 1. The molecule has 1 rings (SSSR count). The summed E-state index contributed by atoms with van der Waals surface area (Å²) in [6.45, 7) is 1.78. The molecular weight excluding hydrogens is 230 g/mol. The van der Waals surface area contributed by atoms with Crippen molar-refractivity contribution in [3.8, 4) is 0 Å². The molecular formula is C10H13NO6. The maximum Gasteiger partial charge on any atom is 0.333 e. The Labute approximate surface area is 96.3 Å². The number of H-pyrrole nitrogens is 1. The summed E-state index contributed by atoms with van der Waals surface area (Å²) < 4.78 is 0. The van der Waals surface area contributed by atoms with Gasteiger partial charge in [0.2, 0.25) is 0 Å². The first-order chi connectivity index (χ1) is 7.84. The Morgan fingerprint density at radius 1 is 1.41 bits per heavy atom. The van der Waals surface area contributed by atoms with Crippen molar-refractivity contribution >= 4 is 11.9 Å². The van der Waals surface area contributed by atoms with Crippen LogP contribution in [0.25, 0.3) is 0 Å². The zero-order valence-electron chi connectivity index (χ0n) is 9.08. The molecule has 94 valence electrons. The van der Waals surface area contributed by atoms with Crippen LogP contribution >= 0.6 is 0 Å². The predicted octanol–water partition coefficient (Wildman–Crippen LogP) is -0.410. The second-order valence-corrected chi connectivity index (χ2v) is 3.13. The van der Waals surface area contributed by atoms with Crippen molar-refractivity contribution in [1.82, 2.24) is 4.98 Å². The molecule has 0 spiro atoms. The third-order valence-electron chi connectivity index (χ3n) is 1.67. The quantitative estimate of drug-likeness (QED) is 0.571. The minimum absolute atomic E-state index is 0.00694. The Bertz CT molecular complexity index is 438. The fourth-order valence-electron chi connectivity index (χ4n) is 0.758. The Kier molecular flexibility index (Phi) is 6.27. The number of rotatable bonds is 3. The van der Waals surface area contributed by atoms with Gasteiger partial charge in [0.15, 0.2) is 6.10 Å². The van der Waals surface area contributed by atoms with Crippen LogP contribution in [0.3, 0.4) is 0 Å². The molecule has 0 aliphatic rings. The number of aromatic amines is 1. The number of hydrogen-bond donors (Lipinski definition) is 4. The number of aliphatic carboxylic acids is 2. The molecule has 17 heavy (non-hydrogen) atoms. The fraction of sp³-hybridized carbons (Fsp3) is 0.300. The number of nitrogens with one attached hydrogen (secondary N) is 1. The molecule has 0 amide bonds. The highest BCUT2D eigenvalue weighted by atomic mass is 16.4. The summed E-state index contributed by atoms with van der Waals surface area (Å²) in [6.07, 6.45) is -0.924. The van der Waals surface area contributed by atoms with Crippen molar-refractivity contribution in [2.75, 3.05) is 0 Å². The van der Waals surface area contributed by atoms with Gasteiger partial charge in [-0.15, -0.1) is 0 Å². The molecule has 4 N–H and O–H groups in total. The number of aromatic nitrogens is 1.